The lowest BCUT2D eigenvalue weighted by Crippen LogP contribution is -2.24. The number of unbranched alkanes of at least 4 members (excludes halogenated alkanes) is 6. The Morgan fingerprint density at radius 3 is 2.29 bits per heavy atom. The van der Waals surface area contributed by atoms with Crippen molar-refractivity contribution in [2.24, 2.45) is 0 Å². The van der Waals surface area contributed by atoms with E-state index in [1.54, 1.807) is 0 Å². The second-order valence-corrected chi connectivity index (χ2v) is 6.28. The first-order valence-corrected chi connectivity index (χ1v) is 9.15. The molecule has 0 aliphatic carbocycles. The summed E-state index contributed by atoms with van der Waals surface area (Å²) in [5, 5.41) is 0. The summed E-state index contributed by atoms with van der Waals surface area (Å²) in [7, 11) is 0. The van der Waals surface area contributed by atoms with Crippen LogP contribution in [0.3, 0.4) is 0 Å². The molecule has 0 bridgehead atoms. The summed E-state index contributed by atoms with van der Waals surface area (Å²) in [6.45, 7) is 7.60. The van der Waals surface area contributed by atoms with Crippen molar-refractivity contribution in [3.63, 3.8) is 0 Å². The monoisotopic (exact) mass is 308 g/mol. The molecule has 0 spiro atoms. The molecular formula is C18H32N2S. The molecule has 2 nitrogen and oxygen atoms in total. The molecule has 0 atom stereocenters. The third-order valence-corrected chi connectivity index (χ3v) is 4.23. The average Bonchev–Trinajstić information content (AvgIpc) is 2.48. The molecule has 0 unspecified atom stereocenters. The third-order valence-electron chi connectivity index (χ3n) is 3.91. The van der Waals surface area contributed by atoms with E-state index in [-0.39, 0.29) is 0 Å². The van der Waals surface area contributed by atoms with Crippen LogP contribution in [0.4, 0.5) is 0 Å². The van der Waals surface area contributed by atoms with Crippen LogP contribution in [0.2, 0.25) is 0 Å². The lowest BCUT2D eigenvalue weighted by atomic mass is 10.1. The van der Waals surface area contributed by atoms with Crippen molar-refractivity contribution < 1.29 is 0 Å². The van der Waals surface area contributed by atoms with Crippen LogP contribution in [-0.2, 0) is 6.54 Å². The van der Waals surface area contributed by atoms with Crippen molar-refractivity contribution in [2.75, 3.05) is 18.8 Å². The molecule has 1 heterocycles. The van der Waals surface area contributed by atoms with Gasteiger partial charge >= 0.3 is 0 Å². The van der Waals surface area contributed by atoms with Gasteiger partial charge < -0.3 is 0 Å². The van der Waals surface area contributed by atoms with Crippen molar-refractivity contribution >= 4 is 12.6 Å². The van der Waals surface area contributed by atoms with Crippen LogP contribution in [-0.4, -0.2) is 28.7 Å². The fourth-order valence-electron chi connectivity index (χ4n) is 2.60. The van der Waals surface area contributed by atoms with Crippen molar-refractivity contribution in [2.45, 2.75) is 65.3 Å². The molecule has 0 saturated carbocycles. The first kappa shape index (κ1) is 18.5. The predicted molar refractivity (Wildman–Crippen MR) is 96.1 cm³/mol. The quantitative estimate of drug-likeness (QED) is 0.438. The van der Waals surface area contributed by atoms with Crippen LogP contribution in [0.5, 0.6) is 0 Å². The van der Waals surface area contributed by atoms with Gasteiger partial charge in [0.1, 0.15) is 0 Å². The minimum atomic E-state index is 0.986. The Morgan fingerprint density at radius 2 is 1.67 bits per heavy atom. The molecule has 0 amide bonds. The summed E-state index contributed by atoms with van der Waals surface area (Å²) >= 11 is 4.25. The Kier molecular flexibility index (Phi) is 10.6. The Morgan fingerprint density at radius 1 is 1.00 bits per heavy atom. The summed E-state index contributed by atoms with van der Waals surface area (Å²) in [6, 6.07) is 6.31. The normalized spacial score (nSPS) is 11.2. The third kappa shape index (κ3) is 9.15. The Bertz CT molecular complexity index is 368. The highest BCUT2D eigenvalue weighted by atomic mass is 32.1. The zero-order valence-corrected chi connectivity index (χ0v) is 14.7. The van der Waals surface area contributed by atoms with Crippen molar-refractivity contribution in [3.05, 3.63) is 29.6 Å². The number of nitrogens with zero attached hydrogens (tertiary/aromatic N) is 2. The highest BCUT2D eigenvalue weighted by molar-refractivity contribution is 7.80. The number of thiol groups is 1. The highest BCUT2D eigenvalue weighted by Gasteiger charge is 2.04. The van der Waals surface area contributed by atoms with E-state index in [0.717, 1.165) is 24.5 Å². The summed E-state index contributed by atoms with van der Waals surface area (Å²) in [5.41, 5.74) is 2.31. The van der Waals surface area contributed by atoms with Crippen LogP contribution < -0.4 is 0 Å². The van der Waals surface area contributed by atoms with Gasteiger partial charge in [-0.05, 0) is 50.7 Å². The van der Waals surface area contributed by atoms with E-state index in [9.17, 15) is 0 Å². The molecule has 0 fully saturated rings. The van der Waals surface area contributed by atoms with Crippen LogP contribution in [0.1, 0.15) is 63.3 Å². The average molecular weight is 309 g/mol. The van der Waals surface area contributed by atoms with E-state index in [1.807, 2.05) is 0 Å². The molecule has 1 aromatic rings. The van der Waals surface area contributed by atoms with E-state index in [2.05, 4.69) is 54.6 Å². The van der Waals surface area contributed by atoms with Crippen LogP contribution in [0.15, 0.2) is 18.2 Å². The standard InChI is InChI=1S/C18H32N2S/c1-3-20(16-18-13-11-12-17(2)19-18)14-9-7-5-4-6-8-10-15-21/h11-13,21H,3-10,14-16H2,1-2H3. The van der Waals surface area contributed by atoms with E-state index < -0.39 is 0 Å². The first-order valence-electron chi connectivity index (χ1n) is 8.52. The maximum Gasteiger partial charge on any atom is 0.0547 e. The zero-order chi connectivity index (χ0) is 15.3. The maximum atomic E-state index is 4.60. The smallest absolute Gasteiger partial charge is 0.0547 e. The van der Waals surface area contributed by atoms with Gasteiger partial charge in [0.15, 0.2) is 0 Å². The van der Waals surface area contributed by atoms with Gasteiger partial charge in [-0.25, -0.2) is 0 Å². The van der Waals surface area contributed by atoms with Crippen LogP contribution >= 0.6 is 12.6 Å². The number of aromatic nitrogens is 1. The van der Waals surface area contributed by atoms with Crippen molar-refractivity contribution in [1.82, 2.24) is 9.88 Å². The van der Waals surface area contributed by atoms with Crippen molar-refractivity contribution in [1.29, 1.82) is 0 Å². The molecule has 0 aliphatic rings. The van der Waals surface area contributed by atoms with E-state index in [4.69, 9.17) is 0 Å². The number of pyridine rings is 1. The Hall–Kier alpha value is -0.540. The van der Waals surface area contributed by atoms with Gasteiger partial charge in [-0.1, -0.05) is 45.1 Å². The summed E-state index contributed by atoms with van der Waals surface area (Å²) < 4.78 is 0. The first-order chi connectivity index (χ1) is 10.3. The van der Waals surface area contributed by atoms with Gasteiger partial charge in [-0.2, -0.15) is 12.6 Å². The molecule has 0 aromatic carbocycles. The molecule has 21 heavy (non-hydrogen) atoms. The topological polar surface area (TPSA) is 16.1 Å². The Labute approximate surface area is 136 Å². The summed E-state index contributed by atoms with van der Waals surface area (Å²) in [6.07, 6.45) is 9.45. The summed E-state index contributed by atoms with van der Waals surface area (Å²) in [4.78, 5) is 7.10. The number of rotatable bonds is 12. The molecule has 0 N–H and O–H groups in total. The van der Waals surface area contributed by atoms with Gasteiger partial charge in [-0.3, -0.25) is 9.88 Å². The van der Waals surface area contributed by atoms with Gasteiger partial charge in [0, 0.05) is 12.2 Å². The lowest BCUT2D eigenvalue weighted by molar-refractivity contribution is 0.269. The molecule has 0 aliphatic heterocycles. The van der Waals surface area contributed by atoms with Gasteiger partial charge in [0.05, 0.1) is 5.69 Å². The minimum absolute atomic E-state index is 0.986. The molecule has 3 heteroatoms. The molecular weight excluding hydrogens is 276 g/mol. The van der Waals surface area contributed by atoms with Crippen LogP contribution in [0.25, 0.3) is 0 Å². The minimum Gasteiger partial charge on any atom is -0.298 e. The maximum absolute atomic E-state index is 4.60. The SMILES string of the molecule is CCN(CCCCCCCCCS)Cc1cccc(C)n1. The van der Waals surface area contributed by atoms with Crippen LogP contribution in [0, 0.1) is 6.92 Å². The van der Waals surface area contributed by atoms with Crippen molar-refractivity contribution in [3.8, 4) is 0 Å². The number of hydrogen-bond acceptors (Lipinski definition) is 3. The summed E-state index contributed by atoms with van der Waals surface area (Å²) in [5.74, 6) is 1.04. The fourth-order valence-corrected chi connectivity index (χ4v) is 2.82. The lowest BCUT2D eigenvalue weighted by Gasteiger charge is -2.20. The molecule has 1 rings (SSSR count). The van der Waals surface area contributed by atoms with E-state index in [1.165, 1.54) is 57.2 Å². The zero-order valence-electron chi connectivity index (χ0n) is 13.9. The fraction of sp³-hybridized carbons (Fsp3) is 0.722. The highest BCUT2D eigenvalue weighted by Crippen LogP contribution is 2.09. The molecule has 0 saturated heterocycles. The van der Waals surface area contributed by atoms with Gasteiger partial charge in [-0.15, -0.1) is 0 Å². The van der Waals surface area contributed by atoms with E-state index in [0.29, 0.717) is 0 Å². The molecule has 0 radical (unpaired) electrons. The number of hydrogen-bond donors (Lipinski definition) is 1. The molecule has 1 aromatic heterocycles. The Balaban J connectivity index is 2.11. The van der Waals surface area contributed by atoms with Gasteiger partial charge in [0.25, 0.3) is 0 Å². The van der Waals surface area contributed by atoms with Gasteiger partial charge in [0.2, 0.25) is 0 Å². The van der Waals surface area contributed by atoms with E-state index >= 15 is 0 Å². The second-order valence-electron chi connectivity index (χ2n) is 5.84. The molecule has 120 valence electrons. The number of aryl methyl sites for hydroxylation is 1. The largest absolute Gasteiger partial charge is 0.298 e. The second kappa shape index (κ2) is 12.0. The predicted octanol–water partition coefficient (Wildman–Crippen LogP) is 4.87.